The van der Waals surface area contributed by atoms with Crippen molar-refractivity contribution < 1.29 is 28.7 Å². The summed E-state index contributed by atoms with van der Waals surface area (Å²) in [6.45, 7) is 5.03. The first-order valence-corrected chi connectivity index (χ1v) is 7.45. The third-order valence-electron chi connectivity index (χ3n) is 3.53. The predicted molar refractivity (Wildman–Crippen MR) is 85.8 cm³/mol. The molecular formula is C18H20IN2O-. The molecule has 3 aromatic rings. The van der Waals surface area contributed by atoms with Crippen LogP contribution in [0.3, 0.4) is 0 Å². The first kappa shape index (κ1) is 16.8. The molecule has 2 heterocycles. The summed E-state index contributed by atoms with van der Waals surface area (Å²) in [7, 11) is 0. The maximum Gasteiger partial charge on any atom is 0.137 e. The molecular weight excluding hydrogens is 387 g/mol. The zero-order valence-electron chi connectivity index (χ0n) is 12.9. The zero-order chi connectivity index (χ0) is 14.7. The lowest BCUT2D eigenvalue weighted by atomic mass is 10.2. The van der Waals surface area contributed by atoms with Crippen molar-refractivity contribution >= 4 is 5.65 Å². The van der Waals surface area contributed by atoms with Crippen molar-refractivity contribution in [3.8, 4) is 17.0 Å². The van der Waals surface area contributed by atoms with Crippen molar-refractivity contribution in [1.29, 1.82) is 0 Å². The molecule has 0 saturated heterocycles. The summed E-state index contributed by atoms with van der Waals surface area (Å²) in [6, 6.07) is 12.3. The third kappa shape index (κ3) is 3.80. The molecule has 2 aromatic heterocycles. The molecule has 22 heavy (non-hydrogen) atoms. The van der Waals surface area contributed by atoms with Gasteiger partial charge >= 0.3 is 0 Å². The topological polar surface area (TPSA) is 26.5 Å². The van der Waals surface area contributed by atoms with Gasteiger partial charge in [-0.1, -0.05) is 13.3 Å². The molecule has 4 heteroatoms. The molecule has 3 rings (SSSR count). The number of imidazole rings is 1. The highest BCUT2D eigenvalue weighted by molar-refractivity contribution is 5.63. The lowest BCUT2D eigenvalue weighted by molar-refractivity contribution is -0.00000496. The second-order valence-corrected chi connectivity index (χ2v) is 5.32. The summed E-state index contributed by atoms with van der Waals surface area (Å²) < 4.78 is 7.74. The average Bonchev–Trinajstić information content (AvgIpc) is 2.91. The van der Waals surface area contributed by atoms with Crippen LogP contribution in [0.5, 0.6) is 5.75 Å². The molecule has 0 aliphatic rings. The van der Waals surface area contributed by atoms with Gasteiger partial charge in [-0.05, 0) is 55.3 Å². The smallest absolute Gasteiger partial charge is 0.137 e. The summed E-state index contributed by atoms with van der Waals surface area (Å²) >= 11 is 0. The van der Waals surface area contributed by atoms with Crippen LogP contribution in [0.4, 0.5) is 0 Å². The number of nitrogens with zero attached hydrogens (tertiary/aromatic N) is 2. The Balaban J connectivity index is 0.00000176. The van der Waals surface area contributed by atoms with Crippen LogP contribution in [0.2, 0.25) is 0 Å². The van der Waals surface area contributed by atoms with E-state index in [0.29, 0.717) is 0 Å². The second kappa shape index (κ2) is 7.63. The Kier molecular flexibility index (Phi) is 5.83. The molecule has 0 fully saturated rings. The minimum Gasteiger partial charge on any atom is -1.00 e. The van der Waals surface area contributed by atoms with Crippen LogP contribution in [0.25, 0.3) is 16.9 Å². The van der Waals surface area contributed by atoms with Crippen LogP contribution in [0.1, 0.15) is 25.3 Å². The van der Waals surface area contributed by atoms with E-state index >= 15 is 0 Å². The van der Waals surface area contributed by atoms with Gasteiger partial charge in [0.15, 0.2) is 0 Å². The fourth-order valence-electron chi connectivity index (χ4n) is 2.28. The number of ether oxygens (including phenoxy) is 1. The standard InChI is InChI=1S/C18H20N2O.HI/c1-3-4-11-21-16-7-5-15(6-8-16)17-13-20-10-9-14(2)12-18(20)19-17;/h5-10,12-13H,3-4,11H2,1-2H3;1H/p-1. The van der Waals surface area contributed by atoms with E-state index in [9.17, 15) is 0 Å². The van der Waals surface area contributed by atoms with Gasteiger partial charge in [-0.3, -0.25) is 0 Å². The molecule has 0 N–H and O–H groups in total. The lowest BCUT2D eigenvalue weighted by Crippen LogP contribution is -3.00. The summed E-state index contributed by atoms with van der Waals surface area (Å²) in [5.74, 6) is 0.923. The molecule has 0 spiro atoms. The number of fused-ring (bicyclic) bond motifs is 1. The Morgan fingerprint density at radius 3 is 2.64 bits per heavy atom. The van der Waals surface area contributed by atoms with Crippen LogP contribution in [-0.2, 0) is 0 Å². The van der Waals surface area contributed by atoms with Crippen molar-refractivity contribution in [2.24, 2.45) is 0 Å². The fourth-order valence-corrected chi connectivity index (χ4v) is 2.28. The number of halogens is 1. The van der Waals surface area contributed by atoms with E-state index in [4.69, 9.17) is 4.74 Å². The number of benzene rings is 1. The van der Waals surface area contributed by atoms with E-state index in [1.54, 1.807) is 0 Å². The summed E-state index contributed by atoms with van der Waals surface area (Å²) in [4.78, 5) is 4.67. The van der Waals surface area contributed by atoms with E-state index in [1.807, 2.05) is 22.7 Å². The quantitative estimate of drug-likeness (QED) is 0.474. The maximum absolute atomic E-state index is 5.69. The third-order valence-corrected chi connectivity index (χ3v) is 3.53. The van der Waals surface area contributed by atoms with Gasteiger partial charge in [0.2, 0.25) is 0 Å². The van der Waals surface area contributed by atoms with Gasteiger partial charge in [0.1, 0.15) is 11.4 Å². The molecule has 0 aliphatic carbocycles. The molecule has 0 radical (unpaired) electrons. The highest BCUT2D eigenvalue weighted by Crippen LogP contribution is 2.22. The molecule has 0 bridgehead atoms. The number of rotatable bonds is 5. The molecule has 0 atom stereocenters. The van der Waals surface area contributed by atoms with Gasteiger partial charge < -0.3 is 33.1 Å². The van der Waals surface area contributed by atoms with E-state index in [0.717, 1.165) is 42.1 Å². The minimum absolute atomic E-state index is 0. The molecule has 0 saturated carbocycles. The number of pyridine rings is 1. The maximum atomic E-state index is 5.69. The van der Waals surface area contributed by atoms with Gasteiger partial charge in [-0.25, -0.2) is 4.98 Å². The van der Waals surface area contributed by atoms with E-state index in [2.05, 4.69) is 49.3 Å². The van der Waals surface area contributed by atoms with E-state index in [-0.39, 0.29) is 24.0 Å². The Labute approximate surface area is 148 Å². The van der Waals surface area contributed by atoms with Crippen LogP contribution >= 0.6 is 0 Å². The number of hydrogen-bond acceptors (Lipinski definition) is 2. The molecule has 0 amide bonds. The molecule has 116 valence electrons. The van der Waals surface area contributed by atoms with Gasteiger partial charge in [0.05, 0.1) is 12.3 Å². The fraction of sp³-hybridized carbons (Fsp3) is 0.278. The van der Waals surface area contributed by atoms with Crippen molar-refractivity contribution in [1.82, 2.24) is 9.38 Å². The molecule has 3 nitrogen and oxygen atoms in total. The monoisotopic (exact) mass is 407 g/mol. The lowest BCUT2D eigenvalue weighted by Gasteiger charge is -2.05. The Bertz CT molecular complexity index is 734. The van der Waals surface area contributed by atoms with Gasteiger partial charge in [0.25, 0.3) is 0 Å². The Morgan fingerprint density at radius 1 is 1.14 bits per heavy atom. The number of unbranched alkanes of at least 4 members (excludes halogenated alkanes) is 1. The number of aromatic nitrogens is 2. The van der Waals surface area contributed by atoms with Crippen molar-refractivity contribution in [3.63, 3.8) is 0 Å². The van der Waals surface area contributed by atoms with Gasteiger partial charge in [-0.2, -0.15) is 0 Å². The van der Waals surface area contributed by atoms with Crippen LogP contribution in [0, 0.1) is 6.92 Å². The summed E-state index contributed by atoms with van der Waals surface area (Å²) in [5.41, 5.74) is 4.30. The largest absolute Gasteiger partial charge is 1.00 e. The van der Waals surface area contributed by atoms with Gasteiger partial charge in [-0.15, -0.1) is 0 Å². The first-order valence-electron chi connectivity index (χ1n) is 7.45. The highest BCUT2D eigenvalue weighted by atomic mass is 127. The average molecular weight is 407 g/mol. The van der Waals surface area contributed by atoms with Crippen molar-refractivity contribution in [2.75, 3.05) is 6.61 Å². The molecule has 0 unspecified atom stereocenters. The van der Waals surface area contributed by atoms with Crippen LogP contribution in [0.15, 0.2) is 48.8 Å². The molecule has 1 aromatic carbocycles. The summed E-state index contributed by atoms with van der Waals surface area (Å²) in [6.07, 6.45) is 6.34. The first-order chi connectivity index (χ1) is 10.3. The number of hydrogen-bond donors (Lipinski definition) is 0. The highest BCUT2D eigenvalue weighted by Gasteiger charge is 2.04. The van der Waals surface area contributed by atoms with Crippen LogP contribution in [-0.4, -0.2) is 16.0 Å². The van der Waals surface area contributed by atoms with Crippen molar-refractivity contribution in [2.45, 2.75) is 26.7 Å². The Morgan fingerprint density at radius 2 is 1.91 bits per heavy atom. The predicted octanol–water partition coefficient (Wildman–Crippen LogP) is 1.49. The second-order valence-electron chi connectivity index (χ2n) is 5.32. The van der Waals surface area contributed by atoms with Crippen molar-refractivity contribution in [3.05, 3.63) is 54.4 Å². The number of aryl methyl sites for hydroxylation is 1. The Hall–Kier alpha value is -1.56. The van der Waals surface area contributed by atoms with Gasteiger partial charge in [0, 0.05) is 18.0 Å². The van der Waals surface area contributed by atoms with E-state index < -0.39 is 0 Å². The summed E-state index contributed by atoms with van der Waals surface area (Å²) in [5, 5.41) is 0. The normalized spacial score (nSPS) is 10.5. The van der Waals surface area contributed by atoms with E-state index in [1.165, 1.54) is 5.56 Å². The SMILES string of the molecule is CCCCOc1ccc(-c2cn3ccc(C)cc3n2)cc1.[I-]. The van der Waals surface area contributed by atoms with Crippen LogP contribution < -0.4 is 28.7 Å². The molecule has 0 aliphatic heterocycles. The minimum atomic E-state index is 0. The zero-order valence-corrected chi connectivity index (χ0v) is 15.1.